The lowest BCUT2D eigenvalue weighted by Gasteiger charge is -2.16. The van der Waals surface area contributed by atoms with E-state index >= 15 is 0 Å². The van der Waals surface area contributed by atoms with Gasteiger partial charge in [0.2, 0.25) is 0 Å². The van der Waals surface area contributed by atoms with Gasteiger partial charge in [0.15, 0.2) is 0 Å². The van der Waals surface area contributed by atoms with Crippen molar-refractivity contribution in [3.8, 4) is 5.75 Å². The minimum atomic E-state index is -3.82. The number of carbonyl (C=O) groups is 1. The molecule has 2 N–H and O–H groups in total. The fraction of sp³-hybridized carbons (Fsp3) is 0.381. The van der Waals surface area contributed by atoms with E-state index in [1.54, 1.807) is 37.3 Å². The van der Waals surface area contributed by atoms with Gasteiger partial charge in [-0.15, -0.1) is 0 Å². The first-order valence-corrected chi connectivity index (χ1v) is 11.0. The lowest BCUT2D eigenvalue weighted by molar-refractivity contribution is 0.0934. The maximum atomic E-state index is 12.8. The summed E-state index contributed by atoms with van der Waals surface area (Å²) < 4.78 is 33.4. The fourth-order valence-electron chi connectivity index (χ4n) is 2.77. The topological polar surface area (TPSA) is 84.5 Å². The molecule has 2 aromatic rings. The van der Waals surface area contributed by atoms with Gasteiger partial charge in [-0.25, -0.2) is 8.42 Å². The standard InChI is InChI=1S/C21H28N2O4S/c1-5-16(6-2)22-21(24)20-14-19(13-8-15(20)4)28(25,26)23-17-9-11-18(12-10-17)27-7-3/h8-14,16,23H,5-7H2,1-4H3,(H,22,24). The number of benzene rings is 2. The van der Waals surface area contributed by atoms with E-state index < -0.39 is 10.0 Å². The Morgan fingerprint density at radius 1 is 1.04 bits per heavy atom. The molecule has 0 radical (unpaired) electrons. The molecule has 7 heteroatoms. The van der Waals surface area contributed by atoms with Gasteiger partial charge in [-0.2, -0.15) is 0 Å². The molecule has 0 bridgehead atoms. The Hall–Kier alpha value is -2.54. The van der Waals surface area contributed by atoms with E-state index in [9.17, 15) is 13.2 Å². The normalized spacial score (nSPS) is 11.3. The smallest absolute Gasteiger partial charge is 0.261 e. The zero-order chi connectivity index (χ0) is 20.7. The van der Waals surface area contributed by atoms with Crippen LogP contribution in [0.4, 0.5) is 5.69 Å². The SMILES string of the molecule is CCOc1ccc(NS(=O)(=O)c2ccc(C)c(C(=O)NC(CC)CC)c2)cc1. The summed E-state index contributed by atoms with van der Waals surface area (Å²) in [7, 11) is -3.82. The maximum Gasteiger partial charge on any atom is 0.261 e. The number of sulfonamides is 1. The van der Waals surface area contributed by atoms with Crippen LogP contribution in [0.15, 0.2) is 47.4 Å². The van der Waals surface area contributed by atoms with Crippen molar-refractivity contribution in [2.75, 3.05) is 11.3 Å². The summed E-state index contributed by atoms with van der Waals surface area (Å²) in [5, 5.41) is 2.95. The maximum absolute atomic E-state index is 12.8. The summed E-state index contributed by atoms with van der Waals surface area (Å²) in [6.07, 6.45) is 1.64. The molecular weight excluding hydrogens is 376 g/mol. The molecule has 152 valence electrons. The van der Waals surface area contributed by atoms with E-state index in [-0.39, 0.29) is 16.8 Å². The summed E-state index contributed by atoms with van der Waals surface area (Å²) >= 11 is 0. The molecule has 1 amide bonds. The zero-order valence-corrected chi connectivity index (χ0v) is 17.6. The van der Waals surface area contributed by atoms with Crippen LogP contribution < -0.4 is 14.8 Å². The zero-order valence-electron chi connectivity index (χ0n) is 16.8. The summed E-state index contributed by atoms with van der Waals surface area (Å²) in [5.74, 6) is 0.408. The summed E-state index contributed by atoms with van der Waals surface area (Å²) in [6, 6.07) is 11.3. The molecule has 0 spiro atoms. The van der Waals surface area contributed by atoms with E-state index in [2.05, 4.69) is 10.0 Å². The number of ether oxygens (including phenoxy) is 1. The molecule has 0 heterocycles. The van der Waals surface area contributed by atoms with Gasteiger partial charge >= 0.3 is 0 Å². The second kappa shape index (κ2) is 9.59. The molecule has 0 fully saturated rings. The molecule has 0 unspecified atom stereocenters. The largest absolute Gasteiger partial charge is 0.494 e. The average Bonchev–Trinajstić information content (AvgIpc) is 2.67. The first-order chi connectivity index (χ1) is 13.3. The van der Waals surface area contributed by atoms with Crippen LogP contribution in [0.1, 0.15) is 49.5 Å². The van der Waals surface area contributed by atoms with E-state index in [0.29, 0.717) is 23.6 Å². The summed E-state index contributed by atoms with van der Waals surface area (Å²) in [4.78, 5) is 12.6. The quantitative estimate of drug-likeness (QED) is 0.659. The molecule has 6 nitrogen and oxygen atoms in total. The molecule has 0 saturated carbocycles. The van der Waals surface area contributed by atoms with Crippen molar-refractivity contribution in [2.24, 2.45) is 0 Å². The Kier molecular flexibility index (Phi) is 7.45. The Bertz CT molecular complexity index is 905. The van der Waals surface area contributed by atoms with Gasteiger partial charge < -0.3 is 10.1 Å². The predicted molar refractivity (Wildman–Crippen MR) is 111 cm³/mol. The van der Waals surface area contributed by atoms with Gasteiger partial charge in [0.1, 0.15) is 5.75 Å². The highest BCUT2D eigenvalue weighted by Gasteiger charge is 2.19. The number of rotatable bonds is 9. The van der Waals surface area contributed by atoms with Gasteiger partial charge in [-0.05, 0) is 68.7 Å². The number of nitrogens with one attached hydrogen (secondary N) is 2. The molecule has 0 aliphatic rings. The second-order valence-corrected chi connectivity index (χ2v) is 8.21. The van der Waals surface area contributed by atoms with Crippen molar-refractivity contribution in [1.82, 2.24) is 5.32 Å². The monoisotopic (exact) mass is 404 g/mol. The Balaban J connectivity index is 2.24. The fourth-order valence-corrected chi connectivity index (χ4v) is 3.85. The van der Waals surface area contributed by atoms with Gasteiger partial charge in [-0.3, -0.25) is 9.52 Å². The molecule has 0 atom stereocenters. The highest BCUT2D eigenvalue weighted by molar-refractivity contribution is 7.92. The van der Waals surface area contributed by atoms with Crippen LogP contribution in [-0.4, -0.2) is 27.0 Å². The van der Waals surface area contributed by atoms with Crippen LogP contribution in [0.25, 0.3) is 0 Å². The molecular formula is C21H28N2O4S. The molecule has 28 heavy (non-hydrogen) atoms. The molecule has 0 aromatic heterocycles. The van der Waals surface area contributed by atoms with Crippen LogP contribution in [0.5, 0.6) is 5.75 Å². The molecule has 2 aromatic carbocycles. The van der Waals surface area contributed by atoms with Gasteiger partial charge in [0.25, 0.3) is 15.9 Å². The Morgan fingerprint density at radius 3 is 2.25 bits per heavy atom. The molecule has 0 saturated heterocycles. The lowest BCUT2D eigenvalue weighted by atomic mass is 10.1. The van der Waals surface area contributed by atoms with Gasteiger partial charge in [-0.1, -0.05) is 19.9 Å². The van der Waals surface area contributed by atoms with Crippen molar-refractivity contribution in [3.63, 3.8) is 0 Å². The van der Waals surface area contributed by atoms with Crippen LogP contribution >= 0.6 is 0 Å². The predicted octanol–water partition coefficient (Wildman–Crippen LogP) is 4.11. The minimum Gasteiger partial charge on any atom is -0.494 e. The first kappa shape index (κ1) is 21.8. The second-order valence-electron chi connectivity index (χ2n) is 6.53. The van der Waals surface area contributed by atoms with Crippen molar-refractivity contribution in [2.45, 2.75) is 51.5 Å². The summed E-state index contributed by atoms with van der Waals surface area (Å²) in [6.45, 7) is 8.21. The average molecular weight is 405 g/mol. The van der Waals surface area contributed by atoms with Crippen LogP contribution in [0.2, 0.25) is 0 Å². The lowest BCUT2D eigenvalue weighted by Crippen LogP contribution is -2.34. The van der Waals surface area contributed by atoms with E-state index in [1.165, 1.54) is 12.1 Å². The third-order valence-corrected chi connectivity index (χ3v) is 5.88. The number of hydrogen-bond donors (Lipinski definition) is 2. The van der Waals surface area contributed by atoms with Gasteiger partial charge in [0.05, 0.1) is 11.5 Å². The molecule has 0 aliphatic heterocycles. The van der Waals surface area contributed by atoms with Crippen LogP contribution in [-0.2, 0) is 10.0 Å². The number of aryl methyl sites for hydroxylation is 1. The Morgan fingerprint density at radius 2 is 1.68 bits per heavy atom. The highest BCUT2D eigenvalue weighted by Crippen LogP contribution is 2.21. The van der Waals surface area contributed by atoms with Crippen molar-refractivity contribution >= 4 is 21.6 Å². The first-order valence-electron chi connectivity index (χ1n) is 9.47. The third-order valence-electron chi connectivity index (χ3n) is 4.50. The van der Waals surface area contributed by atoms with Crippen molar-refractivity contribution < 1.29 is 17.9 Å². The molecule has 0 aliphatic carbocycles. The Labute approximate surface area is 167 Å². The van der Waals surface area contributed by atoms with E-state index in [4.69, 9.17) is 4.74 Å². The van der Waals surface area contributed by atoms with Crippen LogP contribution in [0.3, 0.4) is 0 Å². The molecule has 2 rings (SSSR count). The third kappa shape index (κ3) is 5.48. The van der Waals surface area contributed by atoms with Gasteiger partial charge in [0, 0.05) is 17.3 Å². The van der Waals surface area contributed by atoms with Crippen molar-refractivity contribution in [1.29, 1.82) is 0 Å². The minimum absolute atomic E-state index is 0.0432. The van der Waals surface area contributed by atoms with Crippen molar-refractivity contribution in [3.05, 3.63) is 53.6 Å². The number of amides is 1. The summed E-state index contributed by atoms with van der Waals surface area (Å²) in [5.41, 5.74) is 1.51. The van der Waals surface area contributed by atoms with E-state index in [1.807, 2.05) is 20.8 Å². The number of hydrogen-bond acceptors (Lipinski definition) is 4. The highest BCUT2D eigenvalue weighted by atomic mass is 32.2. The van der Waals surface area contributed by atoms with Crippen LogP contribution in [0, 0.1) is 6.92 Å². The number of anilines is 1. The number of carbonyl (C=O) groups excluding carboxylic acids is 1. The van der Waals surface area contributed by atoms with E-state index in [0.717, 1.165) is 18.4 Å².